The summed E-state index contributed by atoms with van der Waals surface area (Å²) in [6.45, 7) is 8.70. The van der Waals surface area contributed by atoms with Gasteiger partial charge in [0.05, 0.1) is 13.2 Å². The Balaban J connectivity index is 1.47. The number of anilines is 1. The van der Waals surface area contributed by atoms with Crippen molar-refractivity contribution in [2.45, 2.75) is 13.0 Å². The van der Waals surface area contributed by atoms with E-state index in [1.807, 2.05) is 12.1 Å². The van der Waals surface area contributed by atoms with E-state index in [2.05, 4.69) is 21.9 Å². The molecule has 2 fully saturated rings. The van der Waals surface area contributed by atoms with Crippen molar-refractivity contribution in [3.8, 4) is 0 Å². The minimum absolute atomic E-state index is 0.814. The lowest BCUT2D eigenvalue weighted by atomic mass is 10.1. The number of benzene rings is 1. The summed E-state index contributed by atoms with van der Waals surface area (Å²) < 4.78 is 5.41. The molecule has 3 rings (SSSR count). The number of hydrogen-bond acceptors (Lipinski definition) is 4. The maximum atomic E-state index is 5.85. The molecular weight excluding hydrogens is 250 g/mol. The van der Waals surface area contributed by atoms with Crippen LogP contribution in [-0.2, 0) is 11.3 Å². The summed E-state index contributed by atoms with van der Waals surface area (Å²) in [5.41, 5.74) is 8.04. The topological polar surface area (TPSA) is 41.7 Å². The maximum Gasteiger partial charge on any atom is 0.0594 e. The second-order valence-electron chi connectivity index (χ2n) is 6.05. The number of ether oxygens (including phenoxy) is 1. The summed E-state index contributed by atoms with van der Waals surface area (Å²) in [7, 11) is 0. The molecule has 2 aliphatic rings. The number of morpholine rings is 1. The van der Waals surface area contributed by atoms with E-state index < -0.39 is 0 Å². The fraction of sp³-hybridized carbons (Fsp3) is 0.625. The van der Waals surface area contributed by atoms with Gasteiger partial charge in [-0.3, -0.25) is 9.80 Å². The van der Waals surface area contributed by atoms with Crippen LogP contribution in [0.2, 0.25) is 0 Å². The summed E-state index contributed by atoms with van der Waals surface area (Å²) in [4.78, 5) is 5.11. The number of nitrogens with zero attached hydrogens (tertiary/aromatic N) is 2. The average Bonchev–Trinajstić information content (AvgIpc) is 2.87. The third kappa shape index (κ3) is 3.72. The molecule has 2 saturated heterocycles. The van der Waals surface area contributed by atoms with Gasteiger partial charge in [-0.1, -0.05) is 12.1 Å². The van der Waals surface area contributed by atoms with Gasteiger partial charge in [0.25, 0.3) is 0 Å². The second-order valence-corrected chi connectivity index (χ2v) is 6.05. The van der Waals surface area contributed by atoms with Crippen molar-refractivity contribution in [3.05, 3.63) is 29.8 Å². The maximum absolute atomic E-state index is 5.85. The third-order valence-corrected chi connectivity index (χ3v) is 4.35. The van der Waals surface area contributed by atoms with E-state index in [0.29, 0.717) is 0 Å². The first-order valence-corrected chi connectivity index (χ1v) is 7.66. The number of likely N-dealkylation sites (tertiary alicyclic amines) is 1. The highest BCUT2D eigenvalue weighted by Crippen LogP contribution is 2.20. The average molecular weight is 275 g/mol. The number of hydrogen-bond donors (Lipinski definition) is 1. The Labute approximate surface area is 121 Å². The van der Waals surface area contributed by atoms with Crippen molar-refractivity contribution < 1.29 is 4.74 Å². The zero-order valence-electron chi connectivity index (χ0n) is 12.1. The molecule has 0 amide bonds. The van der Waals surface area contributed by atoms with Crippen molar-refractivity contribution in [3.63, 3.8) is 0 Å². The van der Waals surface area contributed by atoms with Crippen molar-refractivity contribution in [1.29, 1.82) is 0 Å². The summed E-state index contributed by atoms with van der Waals surface area (Å²) >= 11 is 0. The third-order valence-electron chi connectivity index (χ3n) is 4.35. The lowest BCUT2D eigenvalue weighted by Crippen LogP contribution is -2.39. The molecule has 1 aromatic rings. The fourth-order valence-electron chi connectivity index (χ4n) is 3.30. The highest BCUT2D eigenvalue weighted by Gasteiger charge is 2.25. The molecule has 0 aromatic heterocycles. The summed E-state index contributed by atoms with van der Waals surface area (Å²) in [5.74, 6) is 0.814. The van der Waals surface area contributed by atoms with E-state index in [1.54, 1.807) is 0 Å². The van der Waals surface area contributed by atoms with Gasteiger partial charge in [0.1, 0.15) is 0 Å². The summed E-state index contributed by atoms with van der Waals surface area (Å²) in [5, 5.41) is 0. The van der Waals surface area contributed by atoms with E-state index in [-0.39, 0.29) is 0 Å². The van der Waals surface area contributed by atoms with E-state index >= 15 is 0 Å². The Bertz CT molecular complexity index is 431. The molecule has 20 heavy (non-hydrogen) atoms. The minimum Gasteiger partial charge on any atom is -0.399 e. The van der Waals surface area contributed by atoms with E-state index in [4.69, 9.17) is 10.5 Å². The predicted octanol–water partition coefficient (Wildman–Crippen LogP) is 1.42. The Morgan fingerprint density at radius 3 is 2.80 bits per heavy atom. The van der Waals surface area contributed by atoms with Crippen LogP contribution in [-0.4, -0.2) is 55.7 Å². The molecule has 0 radical (unpaired) electrons. The molecule has 110 valence electrons. The predicted molar refractivity (Wildman–Crippen MR) is 81.5 cm³/mol. The Hall–Kier alpha value is -1.10. The molecule has 2 aliphatic heterocycles. The van der Waals surface area contributed by atoms with Crippen LogP contribution >= 0.6 is 0 Å². The molecule has 1 aromatic carbocycles. The molecule has 4 nitrogen and oxygen atoms in total. The molecule has 2 N–H and O–H groups in total. The summed E-state index contributed by atoms with van der Waals surface area (Å²) in [6.07, 6.45) is 1.32. The molecule has 1 atom stereocenters. The lowest BCUT2D eigenvalue weighted by molar-refractivity contribution is 0.0311. The smallest absolute Gasteiger partial charge is 0.0594 e. The van der Waals surface area contributed by atoms with Crippen LogP contribution in [0.4, 0.5) is 5.69 Å². The summed E-state index contributed by atoms with van der Waals surface area (Å²) in [6, 6.07) is 8.27. The normalized spacial score (nSPS) is 25.1. The number of nitrogens with two attached hydrogens (primary N) is 1. The van der Waals surface area contributed by atoms with Crippen LogP contribution in [0.15, 0.2) is 24.3 Å². The van der Waals surface area contributed by atoms with Crippen LogP contribution in [0.25, 0.3) is 0 Å². The van der Waals surface area contributed by atoms with Crippen LogP contribution < -0.4 is 5.73 Å². The molecule has 0 spiro atoms. The molecule has 1 unspecified atom stereocenters. The standard InChI is InChI=1S/C16H25N3O/c17-16-3-1-2-14(10-16)11-19-5-4-15(13-19)12-18-6-8-20-9-7-18/h1-3,10,15H,4-9,11-13,17H2. The van der Waals surface area contributed by atoms with Gasteiger partial charge in [0, 0.05) is 38.4 Å². The van der Waals surface area contributed by atoms with E-state index in [0.717, 1.165) is 44.5 Å². The highest BCUT2D eigenvalue weighted by molar-refractivity contribution is 5.40. The molecule has 0 aliphatic carbocycles. The molecule has 0 saturated carbocycles. The van der Waals surface area contributed by atoms with Gasteiger partial charge in [-0.05, 0) is 36.6 Å². The van der Waals surface area contributed by atoms with Crippen LogP contribution in [0.3, 0.4) is 0 Å². The van der Waals surface area contributed by atoms with Gasteiger partial charge < -0.3 is 10.5 Å². The van der Waals surface area contributed by atoms with Gasteiger partial charge in [0.2, 0.25) is 0 Å². The van der Waals surface area contributed by atoms with Crippen molar-refractivity contribution >= 4 is 5.69 Å². The Kier molecular flexibility index (Phi) is 4.55. The van der Waals surface area contributed by atoms with Gasteiger partial charge in [-0.15, -0.1) is 0 Å². The van der Waals surface area contributed by atoms with Gasteiger partial charge >= 0.3 is 0 Å². The van der Waals surface area contributed by atoms with Crippen LogP contribution in [0, 0.1) is 5.92 Å². The first kappa shape index (κ1) is 13.9. The minimum atomic E-state index is 0.814. The lowest BCUT2D eigenvalue weighted by Gasteiger charge is -2.29. The van der Waals surface area contributed by atoms with E-state index in [9.17, 15) is 0 Å². The quantitative estimate of drug-likeness (QED) is 0.844. The molecule has 0 bridgehead atoms. The second kappa shape index (κ2) is 6.57. The molecular formula is C16H25N3O. The van der Waals surface area contributed by atoms with Gasteiger partial charge in [-0.2, -0.15) is 0 Å². The largest absolute Gasteiger partial charge is 0.399 e. The van der Waals surface area contributed by atoms with Gasteiger partial charge in [0.15, 0.2) is 0 Å². The first-order valence-electron chi connectivity index (χ1n) is 7.66. The molecule has 4 heteroatoms. The monoisotopic (exact) mass is 275 g/mol. The first-order chi connectivity index (χ1) is 9.79. The number of nitrogen functional groups attached to an aromatic ring is 1. The zero-order chi connectivity index (χ0) is 13.8. The highest BCUT2D eigenvalue weighted by atomic mass is 16.5. The molecule has 2 heterocycles. The van der Waals surface area contributed by atoms with Crippen LogP contribution in [0.5, 0.6) is 0 Å². The van der Waals surface area contributed by atoms with E-state index in [1.165, 1.54) is 31.6 Å². The van der Waals surface area contributed by atoms with Gasteiger partial charge in [-0.25, -0.2) is 0 Å². The Morgan fingerprint density at radius 2 is 2.00 bits per heavy atom. The van der Waals surface area contributed by atoms with Crippen molar-refractivity contribution in [2.24, 2.45) is 5.92 Å². The fourth-order valence-corrected chi connectivity index (χ4v) is 3.30. The SMILES string of the molecule is Nc1cccc(CN2CCC(CN3CCOCC3)C2)c1. The zero-order valence-corrected chi connectivity index (χ0v) is 12.1. The Morgan fingerprint density at radius 1 is 1.15 bits per heavy atom. The van der Waals surface area contributed by atoms with Crippen LogP contribution in [0.1, 0.15) is 12.0 Å². The van der Waals surface area contributed by atoms with Crippen molar-refractivity contribution in [2.75, 3.05) is 51.7 Å². The number of rotatable bonds is 4. The van der Waals surface area contributed by atoms with Crippen molar-refractivity contribution in [1.82, 2.24) is 9.80 Å².